The number of carbonyl (C=O) groups is 2. The van der Waals surface area contributed by atoms with E-state index >= 15 is 0 Å². The van der Waals surface area contributed by atoms with E-state index in [-0.39, 0.29) is 11.4 Å². The summed E-state index contributed by atoms with van der Waals surface area (Å²) in [6.45, 7) is 0. The van der Waals surface area contributed by atoms with Crippen LogP contribution in [0.25, 0.3) is 0 Å². The van der Waals surface area contributed by atoms with Gasteiger partial charge in [-0.05, 0) is 24.3 Å². The Labute approximate surface area is 109 Å². The van der Waals surface area contributed by atoms with Gasteiger partial charge >= 0.3 is 12.0 Å². The van der Waals surface area contributed by atoms with Crippen molar-refractivity contribution in [3.8, 4) is 0 Å². The van der Waals surface area contributed by atoms with Crippen molar-refractivity contribution in [2.75, 3.05) is 10.6 Å². The minimum Gasteiger partial charge on any atom is -0.476 e. The zero-order valence-corrected chi connectivity index (χ0v) is 9.83. The summed E-state index contributed by atoms with van der Waals surface area (Å²) in [6, 6.07) is 11.3. The molecule has 1 aromatic carbocycles. The van der Waals surface area contributed by atoms with Crippen LogP contribution in [0.2, 0.25) is 0 Å². The number of carboxylic acids is 1. The van der Waals surface area contributed by atoms with Crippen LogP contribution in [0.5, 0.6) is 0 Å². The number of anilines is 2. The smallest absolute Gasteiger partial charge is 0.356 e. The lowest BCUT2D eigenvalue weighted by molar-refractivity contribution is 0.0692. The van der Waals surface area contributed by atoms with Crippen molar-refractivity contribution in [2.45, 2.75) is 0 Å². The number of benzene rings is 1. The third-order valence-corrected chi connectivity index (χ3v) is 2.29. The first-order chi connectivity index (χ1) is 9.16. The Hall–Kier alpha value is -2.89. The van der Waals surface area contributed by atoms with Crippen molar-refractivity contribution in [3.63, 3.8) is 0 Å². The molecule has 2 rings (SSSR count). The van der Waals surface area contributed by atoms with Crippen LogP contribution in [0.1, 0.15) is 10.5 Å². The first-order valence-corrected chi connectivity index (χ1v) is 5.48. The molecule has 0 aliphatic heterocycles. The van der Waals surface area contributed by atoms with Gasteiger partial charge in [0.25, 0.3) is 0 Å². The fourth-order valence-electron chi connectivity index (χ4n) is 1.48. The summed E-state index contributed by atoms with van der Waals surface area (Å²) in [6.07, 6.45) is 1.35. The van der Waals surface area contributed by atoms with Gasteiger partial charge in [-0.2, -0.15) is 0 Å². The Morgan fingerprint density at radius 3 is 2.42 bits per heavy atom. The molecule has 19 heavy (non-hydrogen) atoms. The maximum atomic E-state index is 11.7. The average Bonchev–Trinajstić information content (AvgIpc) is 2.40. The molecule has 6 heteroatoms. The van der Waals surface area contributed by atoms with E-state index in [1.807, 2.05) is 6.07 Å². The van der Waals surface area contributed by atoms with Crippen molar-refractivity contribution in [1.29, 1.82) is 0 Å². The van der Waals surface area contributed by atoms with Crippen LogP contribution in [0.15, 0.2) is 48.7 Å². The standard InChI is InChI=1S/C13H11N3O3/c17-12(18)11-10(7-4-8-14-11)16-13(19)15-9-5-2-1-3-6-9/h1-8H,(H,17,18)(H2,15,16,19). The number of urea groups is 1. The molecule has 1 aromatic heterocycles. The molecule has 2 aromatic rings. The predicted octanol–water partition coefficient (Wildman–Crippen LogP) is 2.42. The van der Waals surface area contributed by atoms with E-state index in [1.165, 1.54) is 12.3 Å². The van der Waals surface area contributed by atoms with E-state index in [1.54, 1.807) is 30.3 Å². The van der Waals surface area contributed by atoms with E-state index in [2.05, 4.69) is 15.6 Å². The molecule has 3 N–H and O–H groups in total. The number of aromatic nitrogens is 1. The van der Waals surface area contributed by atoms with Gasteiger partial charge in [-0.3, -0.25) is 0 Å². The lowest BCUT2D eigenvalue weighted by Gasteiger charge is -2.08. The number of carbonyl (C=O) groups excluding carboxylic acids is 1. The molecule has 0 aliphatic carbocycles. The molecule has 0 saturated carbocycles. The van der Waals surface area contributed by atoms with Gasteiger partial charge in [-0.1, -0.05) is 18.2 Å². The van der Waals surface area contributed by atoms with E-state index in [9.17, 15) is 9.59 Å². The Balaban J connectivity index is 2.09. The summed E-state index contributed by atoms with van der Waals surface area (Å²) in [5.41, 5.74) is 0.551. The van der Waals surface area contributed by atoms with Crippen molar-refractivity contribution < 1.29 is 14.7 Å². The van der Waals surface area contributed by atoms with Crippen molar-refractivity contribution in [3.05, 3.63) is 54.4 Å². The zero-order chi connectivity index (χ0) is 13.7. The van der Waals surface area contributed by atoms with Gasteiger partial charge in [-0.25, -0.2) is 14.6 Å². The number of nitrogens with zero attached hydrogens (tertiary/aromatic N) is 1. The third-order valence-electron chi connectivity index (χ3n) is 2.29. The van der Waals surface area contributed by atoms with Crippen LogP contribution in [-0.2, 0) is 0 Å². The minimum atomic E-state index is -1.20. The number of amides is 2. The summed E-state index contributed by atoms with van der Waals surface area (Å²) in [5, 5.41) is 14.0. The Bertz CT molecular complexity index is 599. The highest BCUT2D eigenvalue weighted by Crippen LogP contribution is 2.13. The van der Waals surface area contributed by atoms with Crippen LogP contribution in [0, 0.1) is 0 Å². The number of rotatable bonds is 3. The second-order valence-electron chi connectivity index (χ2n) is 3.65. The topological polar surface area (TPSA) is 91.3 Å². The highest BCUT2D eigenvalue weighted by Gasteiger charge is 2.13. The third kappa shape index (κ3) is 3.29. The quantitative estimate of drug-likeness (QED) is 0.787. The summed E-state index contributed by atoms with van der Waals surface area (Å²) in [7, 11) is 0. The fourth-order valence-corrected chi connectivity index (χ4v) is 1.48. The highest BCUT2D eigenvalue weighted by atomic mass is 16.4. The van der Waals surface area contributed by atoms with Gasteiger partial charge in [0.2, 0.25) is 0 Å². The number of aromatic carboxylic acids is 1. The van der Waals surface area contributed by atoms with Crippen LogP contribution < -0.4 is 10.6 Å². The summed E-state index contributed by atoms with van der Waals surface area (Å²) in [4.78, 5) is 26.3. The first-order valence-electron chi connectivity index (χ1n) is 5.48. The van der Waals surface area contributed by atoms with Crippen molar-refractivity contribution >= 4 is 23.4 Å². The average molecular weight is 257 g/mol. The lowest BCUT2D eigenvalue weighted by Crippen LogP contribution is -2.21. The van der Waals surface area contributed by atoms with Crippen LogP contribution in [-0.4, -0.2) is 22.1 Å². The second kappa shape index (κ2) is 5.63. The highest BCUT2D eigenvalue weighted by molar-refractivity contribution is 6.03. The molecule has 0 fully saturated rings. The second-order valence-corrected chi connectivity index (χ2v) is 3.65. The largest absolute Gasteiger partial charge is 0.476 e. The van der Waals surface area contributed by atoms with Crippen LogP contribution in [0.3, 0.4) is 0 Å². The van der Waals surface area contributed by atoms with Gasteiger partial charge in [0.1, 0.15) is 0 Å². The van der Waals surface area contributed by atoms with Crippen molar-refractivity contribution in [2.24, 2.45) is 0 Å². The number of hydrogen-bond acceptors (Lipinski definition) is 3. The van der Waals surface area contributed by atoms with Crippen molar-refractivity contribution in [1.82, 2.24) is 4.98 Å². The molecule has 6 nitrogen and oxygen atoms in total. The molecule has 96 valence electrons. The van der Waals surface area contributed by atoms with E-state index in [0.717, 1.165) is 0 Å². The Kier molecular flexibility index (Phi) is 3.72. The minimum absolute atomic E-state index is 0.142. The van der Waals surface area contributed by atoms with E-state index in [0.29, 0.717) is 5.69 Å². The molecule has 0 aliphatic rings. The number of carboxylic acid groups (broad SMARTS) is 1. The fraction of sp³-hybridized carbons (Fsp3) is 0. The van der Waals surface area contributed by atoms with E-state index in [4.69, 9.17) is 5.11 Å². The molecule has 0 bridgehead atoms. The number of pyridine rings is 1. The van der Waals surface area contributed by atoms with Gasteiger partial charge in [0.15, 0.2) is 5.69 Å². The first kappa shape index (κ1) is 12.6. The van der Waals surface area contributed by atoms with Gasteiger partial charge in [-0.15, -0.1) is 0 Å². The summed E-state index contributed by atoms with van der Waals surface area (Å²) >= 11 is 0. The van der Waals surface area contributed by atoms with Gasteiger partial charge in [0, 0.05) is 11.9 Å². The Morgan fingerprint density at radius 2 is 1.74 bits per heavy atom. The normalized spacial score (nSPS) is 9.68. The van der Waals surface area contributed by atoms with Crippen LogP contribution >= 0.6 is 0 Å². The molecule has 0 saturated heterocycles. The number of nitrogens with one attached hydrogen (secondary N) is 2. The summed E-state index contributed by atoms with van der Waals surface area (Å²) in [5.74, 6) is -1.20. The SMILES string of the molecule is O=C(Nc1ccccc1)Nc1cccnc1C(=O)O. The molecule has 0 unspecified atom stereocenters. The molecular weight excluding hydrogens is 246 g/mol. The maximum absolute atomic E-state index is 11.7. The predicted molar refractivity (Wildman–Crippen MR) is 70.3 cm³/mol. The molecule has 1 heterocycles. The van der Waals surface area contributed by atoms with Gasteiger partial charge in [0.05, 0.1) is 5.69 Å². The zero-order valence-electron chi connectivity index (χ0n) is 9.83. The molecule has 0 atom stereocenters. The van der Waals surface area contributed by atoms with E-state index < -0.39 is 12.0 Å². The summed E-state index contributed by atoms with van der Waals surface area (Å²) < 4.78 is 0. The number of para-hydroxylation sites is 1. The molecule has 0 radical (unpaired) electrons. The Morgan fingerprint density at radius 1 is 1.00 bits per heavy atom. The molecule has 2 amide bonds. The number of hydrogen-bond donors (Lipinski definition) is 3. The molecular formula is C13H11N3O3. The van der Waals surface area contributed by atoms with Crippen LogP contribution in [0.4, 0.5) is 16.2 Å². The monoisotopic (exact) mass is 257 g/mol. The maximum Gasteiger partial charge on any atom is 0.356 e. The lowest BCUT2D eigenvalue weighted by atomic mass is 10.3. The molecule has 0 spiro atoms. The van der Waals surface area contributed by atoms with Gasteiger partial charge < -0.3 is 15.7 Å².